The van der Waals surface area contributed by atoms with Crippen LogP contribution in [-0.4, -0.2) is 18.4 Å². The number of nitrogens with one attached hydrogen (secondary N) is 1. The molecule has 8 heteroatoms. The highest BCUT2D eigenvalue weighted by atomic mass is 32.2. The Balaban J connectivity index is 2.22. The van der Waals surface area contributed by atoms with E-state index in [2.05, 4.69) is 14.7 Å². The summed E-state index contributed by atoms with van der Waals surface area (Å²) in [6.45, 7) is 3.28. The van der Waals surface area contributed by atoms with Gasteiger partial charge in [0, 0.05) is 6.20 Å². The molecule has 2 aromatic rings. The van der Waals surface area contributed by atoms with Gasteiger partial charge in [-0.2, -0.15) is 0 Å². The van der Waals surface area contributed by atoms with Gasteiger partial charge in [-0.05, 0) is 31.5 Å². The summed E-state index contributed by atoms with van der Waals surface area (Å²) in [6, 6.07) is 2.20. The van der Waals surface area contributed by atoms with Crippen LogP contribution in [0.5, 0.6) is 0 Å². The van der Waals surface area contributed by atoms with E-state index in [1.54, 1.807) is 13.1 Å². The number of halogens is 1. The van der Waals surface area contributed by atoms with Gasteiger partial charge in [0.25, 0.3) is 0 Å². The smallest absolute Gasteiger partial charge is 0.241 e. The van der Waals surface area contributed by atoms with Crippen LogP contribution in [-0.2, 0) is 16.6 Å². The molecule has 1 aromatic carbocycles. The van der Waals surface area contributed by atoms with Crippen LogP contribution in [0.1, 0.15) is 17.0 Å². The maximum absolute atomic E-state index is 13.3. The van der Waals surface area contributed by atoms with E-state index >= 15 is 0 Å². The lowest BCUT2D eigenvalue weighted by Crippen LogP contribution is -2.24. The van der Waals surface area contributed by atoms with Gasteiger partial charge in [0.2, 0.25) is 10.0 Å². The third kappa shape index (κ3) is 3.53. The Morgan fingerprint density at radius 2 is 1.95 bits per heavy atom. The molecule has 0 saturated heterocycles. The number of nitrogens with zero attached hydrogens (tertiary/aromatic N) is 2. The van der Waals surface area contributed by atoms with Crippen molar-refractivity contribution in [2.75, 3.05) is 5.73 Å². The van der Waals surface area contributed by atoms with Crippen molar-refractivity contribution in [3.63, 3.8) is 0 Å². The number of aryl methyl sites for hydroxylation is 2. The summed E-state index contributed by atoms with van der Waals surface area (Å²) in [5, 5.41) is 0. The molecule has 0 spiro atoms. The third-order valence-corrected chi connectivity index (χ3v) is 4.40. The van der Waals surface area contributed by atoms with E-state index in [0.29, 0.717) is 5.69 Å². The van der Waals surface area contributed by atoms with E-state index < -0.39 is 15.8 Å². The van der Waals surface area contributed by atoms with Gasteiger partial charge in [-0.1, -0.05) is 0 Å². The van der Waals surface area contributed by atoms with Gasteiger partial charge in [0.15, 0.2) is 0 Å². The highest BCUT2D eigenvalue weighted by Crippen LogP contribution is 2.21. The minimum absolute atomic E-state index is 0.00760. The largest absolute Gasteiger partial charge is 0.396 e. The number of nitrogens with two attached hydrogens (primary N) is 1. The molecule has 0 bridgehead atoms. The Labute approximate surface area is 122 Å². The van der Waals surface area contributed by atoms with Crippen molar-refractivity contribution in [1.29, 1.82) is 0 Å². The summed E-state index contributed by atoms with van der Waals surface area (Å²) in [5.41, 5.74) is 6.71. The maximum Gasteiger partial charge on any atom is 0.241 e. The lowest BCUT2D eigenvalue weighted by atomic mass is 10.2. The van der Waals surface area contributed by atoms with Gasteiger partial charge < -0.3 is 5.73 Å². The number of hydrogen-bond donors (Lipinski definition) is 2. The normalized spacial score (nSPS) is 11.6. The monoisotopic (exact) mass is 310 g/mol. The zero-order valence-corrected chi connectivity index (χ0v) is 12.4. The first-order chi connectivity index (χ1) is 9.79. The second-order valence-corrected chi connectivity index (χ2v) is 6.35. The molecule has 0 aliphatic carbocycles. The molecule has 0 amide bonds. The van der Waals surface area contributed by atoms with Crippen LogP contribution >= 0.6 is 0 Å². The summed E-state index contributed by atoms with van der Waals surface area (Å²) >= 11 is 0. The number of aromatic nitrogens is 2. The molecule has 1 heterocycles. The van der Waals surface area contributed by atoms with E-state index in [0.717, 1.165) is 17.8 Å². The molecule has 21 heavy (non-hydrogen) atoms. The molecule has 3 N–H and O–H groups in total. The predicted molar refractivity (Wildman–Crippen MR) is 76.3 cm³/mol. The van der Waals surface area contributed by atoms with Crippen LogP contribution in [0.4, 0.5) is 10.1 Å². The highest BCUT2D eigenvalue weighted by Gasteiger charge is 2.18. The predicted octanol–water partition coefficient (Wildman–Crippen LogP) is 1.29. The van der Waals surface area contributed by atoms with Crippen LogP contribution in [0.25, 0.3) is 0 Å². The molecule has 112 valence electrons. The van der Waals surface area contributed by atoms with Crippen molar-refractivity contribution >= 4 is 15.7 Å². The SMILES string of the molecule is Cc1cnc(CNS(=O)(=O)c2cc(N)c(F)cc2C)cn1. The Morgan fingerprint density at radius 3 is 2.57 bits per heavy atom. The fraction of sp³-hybridized carbons (Fsp3) is 0.231. The Kier molecular flexibility index (Phi) is 4.19. The molecule has 0 aliphatic rings. The molecule has 0 saturated carbocycles. The quantitative estimate of drug-likeness (QED) is 0.829. The van der Waals surface area contributed by atoms with Crippen LogP contribution in [0, 0.1) is 19.7 Å². The summed E-state index contributed by atoms with van der Waals surface area (Å²) in [7, 11) is -3.80. The maximum atomic E-state index is 13.3. The van der Waals surface area contributed by atoms with Crippen molar-refractivity contribution in [2.45, 2.75) is 25.3 Å². The lowest BCUT2D eigenvalue weighted by molar-refractivity contribution is 0.578. The molecule has 0 atom stereocenters. The topological polar surface area (TPSA) is 98.0 Å². The molecule has 0 unspecified atom stereocenters. The highest BCUT2D eigenvalue weighted by molar-refractivity contribution is 7.89. The van der Waals surface area contributed by atoms with E-state index in [-0.39, 0.29) is 22.7 Å². The molecular weight excluding hydrogens is 295 g/mol. The Morgan fingerprint density at radius 1 is 1.24 bits per heavy atom. The van der Waals surface area contributed by atoms with Gasteiger partial charge in [0.05, 0.1) is 34.7 Å². The zero-order valence-electron chi connectivity index (χ0n) is 11.6. The molecular formula is C13H15FN4O2S. The van der Waals surface area contributed by atoms with Crippen molar-refractivity contribution in [3.8, 4) is 0 Å². The third-order valence-electron chi connectivity index (χ3n) is 2.86. The fourth-order valence-electron chi connectivity index (χ4n) is 1.72. The summed E-state index contributed by atoms with van der Waals surface area (Å²) in [4.78, 5) is 8.03. The number of anilines is 1. The Bertz CT molecular complexity index is 760. The summed E-state index contributed by atoms with van der Waals surface area (Å²) < 4.78 is 40.1. The van der Waals surface area contributed by atoms with Crippen LogP contribution in [0.3, 0.4) is 0 Å². The van der Waals surface area contributed by atoms with E-state index in [4.69, 9.17) is 5.73 Å². The molecule has 0 fully saturated rings. The number of sulfonamides is 1. The second kappa shape index (κ2) is 5.74. The molecule has 0 radical (unpaired) electrons. The van der Waals surface area contributed by atoms with E-state index in [1.165, 1.54) is 13.1 Å². The number of nitrogen functional groups attached to an aromatic ring is 1. The molecule has 1 aromatic heterocycles. The van der Waals surface area contributed by atoms with E-state index in [1.807, 2.05) is 0 Å². The minimum atomic E-state index is -3.80. The average Bonchev–Trinajstić information content (AvgIpc) is 2.42. The first kappa shape index (κ1) is 15.3. The van der Waals surface area contributed by atoms with Crippen LogP contribution in [0.15, 0.2) is 29.4 Å². The molecule has 6 nitrogen and oxygen atoms in total. The summed E-state index contributed by atoms with van der Waals surface area (Å²) in [6.07, 6.45) is 3.04. The first-order valence-electron chi connectivity index (χ1n) is 6.12. The number of rotatable bonds is 4. The fourth-order valence-corrected chi connectivity index (χ4v) is 2.97. The van der Waals surface area contributed by atoms with Crippen LogP contribution in [0.2, 0.25) is 0 Å². The van der Waals surface area contributed by atoms with Crippen molar-refractivity contribution in [2.24, 2.45) is 0 Å². The minimum Gasteiger partial charge on any atom is -0.396 e. The van der Waals surface area contributed by atoms with Gasteiger partial charge in [-0.25, -0.2) is 17.5 Å². The Hall–Kier alpha value is -2.06. The van der Waals surface area contributed by atoms with Crippen molar-refractivity contribution < 1.29 is 12.8 Å². The lowest BCUT2D eigenvalue weighted by Gasteiger charge is -2.10. The van der Waals surface area contributed by atoms with Gasteiger partial charge in [-0.3, -0.25) is 9.97 Å². The van der Waals surface area contributed by atoms with Crippen molar-refractivity contribution in [1.82, 2.24) is 14.7 Å². The van der Waals surface area contributed by atoms with E-state index in [9.17, 15) is 12.8 Å². The molecule has 2 rings (SSSR count). The summed E-state index contributed by atoms with van der Waals surface area (Å²) in [5.74, 6) is -0.643. The number of hydrogen-bond acceptors (Lipinski definition) is 5. The second-order valence-electron chi connectivity index (χ2n) is 4.61. The standard InChI is InChI=1S/C13H15FN4O2S/c1-8-3-11(14)12(15)4-13(8)21(19,20)18-7-10-6-16-9(2)5-17-10/h3-6,18H,7,15H2,1-2H3. The van der Waals surface area contributed by atoms with Gasteiger partial charge in [-0.15, -0.1) is 0 Å². The van der Waals surface area contributed by atoms with Gasteiger partial charge >= 0.3 is 0 Å². The average molecular weight is 310 g/mol. The first-order valence-corrected chi connectivity index (χ1v) is 7.61. The number of benzene rings is 1. The molecule has 0 aliphatic heterocycles. The zero-order chi connectivity index (χ0) is 15.6. The van der Waals surface area contributed by atoms with Gasteiger partial charge in [0.1, 0.15) is 5.82 Å². The van der Waals surface area contributed by atoms with Crippen molar-refractivity contribution in [3.05, 3.63) is 47.3 Å². The van der Waals surface area contributed by atoms with Crippen LogP contribution < -0.4 is 10.5 Å².